The van der Waals surface area contributed by atoms with E-state index in [4.69, 9.17) is 5.11 Å². The predicted octanol–water partition coefficient (Wildman–Crippen LogP) is 2.46. The van der Waals surface area contributed by atoms with Gasteiger partial charge < -0.3 is 10.4 Å². The van der Waals surface area contributed by atoms with Gasteiger partial charge in [-0.1, -0.05) is 6.07 Å². The lowest BCUT2D eigenvalue weighted by Gasteiger charge is -2.18. The lowest BCUT2D eigenvalue weighted by Crippen LogP contribution is -2.33. The van der Waals surface area contributed by atoms with Gasteiger partial charge in [0.05, 0.1) is 34.4 Å². The van der Waals surface area contributed by atoms with Crippen molar-refractivity contribution in [1.29, 1.82) is 0 Å². The van der Waals surface area contributed by atoms with Gasteiger partial charge in [-0.2, -0.15) is 18.3 Å². The van der Waals surface area contributed by atoms with E-state index in [-0.39, 0.29) is 17.0 Å². The van der Waals surface area contributed by atoms with Crippen molar-refractivity contribution in [3.8, 4) is 5.69 Å². The van der Waals surface area contributed by atoms with Crippen LogP contribution in [0.25, 0.3) is 16.6 Å². The van der Waals surface area contributed by atoms with Crippen molar-refractivity contribution < 1.29 is 23.1 Å². The van der Waals surface area contributed by atoms with E-state index in [9.17, 15) is 22.8 Å². The molecule has 0 saturated carbocycles. The minimum atomic E-state index is -4.75. The Bertz CT molecular complexity index is 1030. The van der Waals surface area contributed by atoms with E-state index >= 15 is 0 Å². The molecule has 0 aliphatic heterocycles. The van der Waals surface area contributed by atoms with Gasteiger partial charge in [-0.15, -0.1) is 0 Å². The Morgan fingerprint density at radius 2 is 2.12 bits per heavy atom. The van der Waals surface area contributed by atoms with Crippen LogP contribution >= 0.6 is 0 Å². The normalized spacial score (nSPS) is 12.9. The maximum Gasteiger partial charge on any atom is 0.417 e. The van der Waals surface area contributed by atoms with Gasteiger partial charge in [0, 0.05) is 6.20 Å². The molecule has 0 aliphatic carbocycles. The van der Waals surface area contributed by atoms with Crippen molar-refractivity contribution in [2.75, 3.05) is 0 Å². The molecule has 1 unspecified atom stereocenters. The fourth-order valence-corrected chi connectivity index (χ4v) is 2.64. The van der Waals surface area contributed by atoms with Crippen LogP contribution in [-0.2, 0) is 6.18 Å². The second kappa shape index (κ2) is 6.17. The summed E-state index contributed by atoms with van der Waals surface area (Å²) in [6, 6.07) is 2.24. The van der Waals surface area contributed by atoms with Gasteiger partial charge in [-0.25, -0.2) is 9.78 Å². The Labute approximate surface area is 143 Å². The van der Waals surface area contributed by atoms with E-state index in [1.165, 1.54) is 25.4 Å². The molecule has 26 heavy (non-hydrogen) atoms. The molecule has 0 radical (unpaired) electrons. The van der Waals surface area contributed by atoms with Crippen molar-refractivity contribution >= 4 is 17.0 Å². The Balaban J connectivity index is 2.40. The first kappa shape index (κ1) is 17.5. The highest BCUT2D eigenvalue weighted by Crippen LogP contribution is 2.33. The fourth-order valence-electron chi connectivity index (χ4n) is 2.64. The number of fused-ring (bicyclic) bond motifs is 1. The summed E-state index contributed by atoms with van der Waals surface area (Å²) in [5.74, 6) is -0.0642. The molecule has 0 saturated heterocycles. The maximum atomic E-state index is 13.3. The minimum absolute atomic E-state index is 0.0642. The van der Waals surface area contributed by atoms with Crippen LogP contribution in [0.3, 0.4) is 0 Å². The van der Waals surface area contributed by atoms with E-state index in [0.717, 1.165) is 16.7 Å². The number of aromatic amines is 1. The molecule has 0 spiro atoms. The molecule has 0 fully saturated rings. The molecular formula is C15H12F3N5O3. The first-order valence-electron chi connectivity index (χ1n) is 7.31. The van der Waals surface area contributed by atoms with Crippen molar-refractivity contribution in [2.45, 2.75) is 19.1 Å². The van der Waals surface area contributed by atoms with Crippen LogP contribution in [0.4, 0.5) is 18.0 Å². The number of halogens is 3. The lowest BCUT2D eigenvalue weighted by molar-refractivity contribution is -0.136. The first-order valence-corrected chi connectivity index (χ1v) is 7.31. The highest BCUT2D eigenvalue weighted by molar-refractivity contribution is 5.82. The largest absolute Gasteiger partial charge is 0.465 e. The monoisotopic (exact) mass is 367 g/mol. The highest BCUT2D eigenvalue weighted by Gasteiger charge is 2.34. The molecular weight excluding hydrogens is 355 g/mol. The fraction of sp³-hybridized carbons (Fsp3) is 0.200. The molecule has 11 heteroatoms. The number of amides is 1. The van der Waals surface area contributed by atoms with Crippen molar-refractivity contribution in [3.63, 3.8) is 0 Å². The third-order valence-corrected chi connectivity index (χ3v) is 3.70. The molecule has 8 nitrogen and oxygen atoms in total. The third-order valence-electron chi connectivity index (χ3n) is 3.70. The SMILES string of the molecule is CC(NC(=O)O)c1nc2cccc(C(F)(F)F)c2c(=O)n1-c1cn[nH]c1. The molecule has 0 bridgehead atoms. The molecule has 3 rings (SSSR count). The van der Waals surface area contributed by atoms with E-state index in [2.05, 4.69) is 20.5 Å². The molecule has 2 aromatic heterocycles. The zero-order chi connectivity index (χ0) is 19.1. The van der Waals surface area contributed by atoms with Gasteiger partial charge in [0.15, 0.2) is 0 Å². The number of alkyl halides is 3. The number of nitrogens with one attached hydrogen (secondary N) is 2. The van der Waals surface area contributed by atoms with E-state index in [1.54, 1.807) is 0 Å². The second-order valence-electron chi connectivity index (χ2n) is 5.44. The van der Waals surface area contributed by atoms with Crippen LogP contribution in [0.2, 0.25) is 0 Å². The van der Waals surface area contributed by atoms with Crippen molar-refractivity contribution in [1.82, 2.24) is 25.1 Å². The zero-order valence-electron chi connectivity index (χ0n) is 13.2. The highest BCUT2D eigenvalue weighted by atomic mass is 19.4. The summed E-state index contributed by atoms with van der Waals surface area (Å²) in [6.45, 7) is 1.42. The number of H-pyrrole nitrogens is 1. The maximum absolute atomic E-state index is 13.3. The number of hydrogen-bond donors (Lipinski definition) is 3. The molecule has 2 heterocycles. The number of nitrogens with zero attached hydrogens (tertiary/aromatic N) is 3. The molecule has 1 amide bonds. The van der Waals surface area contributed by atoms with Gasteiger partial charge in [-0.05, 0) is 19.1 Å². The summed E-state index contributed by atoms with van der Waals surface area (Å²) in [5.41, 5.74) is -2.14. The molecule has 1 atom stereocenters. The molecule has 136 valence electrons. The first-order chi connectivity index (χ1) is 12.2. The zero-order valence-corrected chi connectivity index (χ0v) is 13.2. The number of hydrogen-bond acceptors (Lipinski definition) is 4. The third kappa shape index (κ3) is 2.98. The van der Waals surface area contributed by atoms with Gasteiger partial charge in [-0.3, -0.25) is 14.5 Å². The van der Waals surface area contributed by atoms with Crippen LogP contribution < -0.4 is 10.9 Å². The lowest BCUT2D eigenvalue weighted by atomic mass is 10.1. The Hall–Kier alpha value is -3.37. The topological polar surface area (TPSA) is 113 Å². The van der Waals surface area contributed by atoms with Gasteiger partial charge in [0.2, 0.25) is 0 Å². The van der Waals surface area contributed by atoms with Crippen molar-refractivity contribution in [3.05, 3.63) is 52.3 Å². The summed E-state index contributed by atoms with van der Waals surface area (Å²) in [6.07, 6.45) is -3.60. The molecule has 0 aliphatic rings. The Morgan fingerprint density at radius 1 is 1.38 bits per heavy atom. The quantitative estimate of drug-likeness (QED) is 0.658. The predicted molar refractivity (Wildman–Crippen MR) is 84.1 cm³/mol. The summed E-state index contributed by atoms with van der Waals surface area (Å²) in [5, 5.41) is 16.6. The number of carbonyl (C=O) groups is 1. The van der Waals surface area contributed by atoms with Crippen LogP contribution in [0.15, 0.2) is 35.4 Å². The standard InChI is InChI=1S/C15H12F3N5O3/c1-7(21-14(25)26)12-22-10-4-2-3-9(15(16,17)18)11(10)13(24)23(12)8-5-19-20-6-8/h2-7,21H,1H3,(H,19,20)(H,25,26). The number of aromatic nitrogens is 4. The average Bonchev–Trinajstić information content (AvgIpc) is 3.06. The second-order valence-corrected chi connectivity index (χ2v) is 5.44. The number of rotatable bonds is 3. The van der Waals surface area contributed by atoms with E-state index < -0.39 is 34.8 Å². The van der Waals surface area contributed by atoms with Gasteiger partial charge >= 0.3 is 12.3 Å². The van der Waals surface area contributed by atoms with Gasteiger partial charge in [0.1, 0.15) is 5.82 Å². The van der Waals surface area contributed by atoms with Gasteiger partial charge in [0.25, 0.3) is 5.56 Å². The van der Waals surface area contributed by atoms with Crippen LogP contribution in [0.5, 0.6) is 0 Å². The van der Waals surface area contributed by atoms with Crippen LogP contribution in [-0.4, -0.2) is 30.9 Å². The van der Waals surface area contributed by atoms with Crippen molar-refractivity contribution in [2.24, 2.45) is 0 Å². The van der Waals surface area contributed by atoms with Crippen LogP contribution in [0.1, 0.15) is 24.4 Å². The Kier molecular flexibility index (Phi) is 4.14. The molecule has 3 aromatic rings. The molecule has 1 aromatic carbocycles. The summed E-state index contributed by atoms with van der Waals surface area (Å²) in [7, 11) is 0. The van der Waals surface area contributed by atoms with E-state index in [1.807, 2.05) is 0 Å². The minimum Gasteiger partial charge on any atom is -0.465 e. The molecule has 3 N–H and O–H groups in total. The van der Waals surface area contributed by atoms with Crippen LogP contribution in [0, 0.1) is 0 Å². The smallest absolute Gasteiger partial charge is 0.417 e. The average molecular weight is 367 g/mol. The summed E-state index contributed by atoms with van der Waals surface area (Å²) in [4.78, 5) is 27.9. The summed E-state index contributed by atoms with van der Waals surface area (Å²) < 4.78 is 40.9. The Morgan fingerprint density at radius 3 is 2.69 bits per heavy atom. The number of carboxylic acid groups (broad SMARTS) is 1. The summed E-state index contributed by atoms with van der Waals surface area (Å²) >= 11 is 0. The number of benzene rings is 1. The van der Waals surface area contributed by atoms with E-state index in [0.29, 0.717) is 0 Å².